The van der Waals surface area contributed by atoms with E-state index in [9.17, 15) is 0 Å². The molecule has 0 bridgehead atoms. The minimum atomic E-state index is 0.777. The number of halogens is 1. The highest BCUT2D eigenvalue weighted by Crippen LogP contribution is 2.26. The number of hydrogen-bond donors (Lipinski definition) is 1. The molecule has 1 aromatic heterocycles. The van der Waals surface area contributed by atoms with Crippen LogP contribution in [0.1, 0.15) is 23.6 Å². The first-order valence-corrected chi connectivity index (χ1v) is 7.20. The summed E-state index contributed by atoms with van der Waals surface area (Å²) in [5.74, 6) is 0.777. The van der Waals surface area contributed by atoms with E-state index < -0.39 is 0 Å². The molecule has 1 heterocycles. The molecule has 2 aromatic rings. The molecule has 1 N–H and O–H groups in total. The number of benzene rings is 1. The standard InChI is InChI=1S/C15H18BrN3/c1-4-17-7-12-8-18-15(19-9-12)13-5-10(2)14(16)11(3)6-13/h5-6,8-9,17H,4,7H2,1-3H3. The Morgan fingerprint density at radius 1 is 1.11 bits per heavy atom. The maximum absolute atomic E-state index is 4.45. The van der Waals surface area contributed by atoms with Crippen molar-refractivity contribution in [3.8, 4) is 11.4 Å². The first-order chi connectivity index (χ1) is 9.11. The van der Waals surface area contributed by atoms with Crippen LogP contribution in [0.4, 0.5) is 0 Å². The lowest BCUT2D eigenvalue weighted by atomic mass is 10.1. The van der Waals surface area contributed by atoms with E-state index in [0.29, 0.717) is 0 Å². The zero-order chi connectivity index (χ0) is 13.8. The van der Waals surface area contributed by atoms with E-state index in [1.165, 1.54) is 11.1 Å². The largest absolute Gasteiger partial charge is 0.313 e. The molecule has 0 saturated carbocycles. The van der Waals surface area contributed by atoms with Gasteiger partial charge in [-0.1, -0.05) is 22.9 Å². The molecule has 0 saturated heterocycles. The Bertz CT molecular complexity index is 541. The van der Waals surface area contributed by atoms with Gasteiger partial charge in [-0.2, -0.15) is 0 Å². The second-order valence-electron chi connectivity index (χ2n) is 4.62. The van der Waals surface area contributed by atoms with Crippen LogP contribution in [0.25, 0.3) is 11.4 Å². The normalized spacial score (nSPS) is 10.7. The first kappa shape index (κ1) is 14.2. The van der Waals surface area contributed by atoms with Crippen LogP contribution < -0.4 is 5.32 Å². The molecule has 0 aliphatic rings. The summed E-state index contributed by atoms with van der Waals surface area (Å²) in [6.07, 6.45) is 3.77. The topological polar surface area (TPSA) is 37.8 Å². The van der Waals surface area contributed by atoms with Crippen molar-refractivity contribution < 1.29 is 0 Å². The minimum absolute atomic E-state index is 0.777. The van der Waals surface area contributed by atoms with E-state index >= 15 is 0 Å². The van der Waals surface area contributed by atoms with Crippen LogP contribution >= 0.6 is 15.9 Å². The zero-order valence-electron chi connectivity index (χ0n) is 11.5. The lowest BCUT2D eigenvalue weighted by Gasteiger charge is -2.07. The van der Waals surface area contributed by atoms with E-state index in [-0.39, 0.29) is 0 Å². The van der Waals surface area contributed by atoms with Crippen LogP contribution in [0, 0.1) is 13.8 Å². The van der Waals surface area contributed by atoms with Crippen LogP contribution in [-0.4, -0.2) is 16.5 Å². The van der Waals surface area contributed by atoms with Gasteiger partial charge in [-0.25, -0.2) is 9.97 Å². The Labute approximate surface area is 122 Å². The molecule has 100 valence electrons. The Morgan fingerprint density at radius 2 is 1.68 bits per heavy atom. The van der Waals surface area contributed by atoms with Gasteiger partial charge in [0, 0.05) is 34.5 Å². The highest BCUT2D eigenvalue weighted by Gasteiger charge is 2.06. The third-order valence-corrected chi connectivity index (χ3v) is 4.23. The van der Waals surface area contributed by atoms with Gasteiger partial charge in [-0.05, 0) is 43.7 Å². The third-order valence-electron chi connectivity index (χ3n) is 2.98. The van der Waals surface area contributed by atoms with Crippen LogP contribution in [-0.2, 0) is 6.54 Å². The molecule has 0 aliphatic carbocycles. The fourth-order valence-electron chi connectivity index (χ4n) is 1.94. The average molecular weight is 320 g/mol. The summed E-state index contributed by atoms with van der Waals surface area (Å²) in [7, 11) is 0. The summed E-state index contributed by atoms with van der Waals surface area (Å²) in [5.41, 5.74) is 4.58. The number of hydrogen-bond acceptors (Lipinski definition) is 3. The molecule has 1 aromatic carbocycles. The summed E-state index contributed by atoms with van der Waals surface area (Å²) in [4.78, 5) is 8.89. The maximum atomic E-state index is 4.45. The molecule has 2 rings (SSSR count). The quantitative estimate of drug-likeness (QED) is 0.935. The van der Waals surface area contributed by atoms with Crippen molar-refractivity contribution in [1.29, 1.82) is 0 Å². The van der Waals surface area contributed by atoms with E-state index in [1.54, 1.807) is 0 Å². The summed E-state index contributed by atoms with van der Waals surface area (Å²) in [6.45, 7) is 8.02. The summed E-state index contributed by atoms with van der Waals surface area (Å²) in [6, 6.07) is 4.22. The Morgan fingerprint density at radius 3 is 2.21 bits per heavy atom. The van der Waals surface area contributed by atoms with Gasteiger partial charge in [0.1, 0.15) is 0 Å². The Kier molecular flexibility index (Phi) is 4.66. The van der Waals surface area contributed by atoms with Gasteiger partial charge in [0.25, 0.3) is 0 Å². The third kappa shape index (κ3) is 3.39. The second kappa shape index (κ2) is 6.26. The average Bonchev–Trinajstić information content (AvgIpc) is 2.42. The van der Waals surface area contributed by atoms with E-state index in [1.807, 2.05) is 12.4 Å². The Hall–Kier alpha value is -1.26. The van der Waals surface area contributed by atoms with Gasteiger partial charge < -0.3 is 5.32 Å². The number of aryl methyl sites for hydroxylation is 2. The van der Waals surface area contributed by atoms with E-state index in [4.69, 9.17) is 0 Å². The van der Waals surface area contributed by atoms with Gasteiger partial charge in [-0.3, -0.25) is 0 Å². The van der Waals surface area contributed by atoms with Crippen LogP contribution in [0.3, 0.4) is 0 Å². The molecule has 3 nitrogen and oxygen atoms in total. The first-order valence-electron chi connectivity index (χ1n) is 6.40. The Balaban J connectivity index is 2.27. The monoisotopic (exact) mass is 319 g/mol. The van der Waals surface area contributed by atoms with Gasteiger partial charge in [0.15, 0.2) is 5.82 Å². The lowest BCUT2D eigenvalue weighted by molar-refractivity contribution is 0.721. The summed E-state index contributed by atoms with van der Waals surface area (Å²) >= 11 is 3.58. The number of nitrogens with zero attached hydrogens (tertiary/aromatic N) is 2. The summed E-state index contributed by atoms with van der Waals surface area (Å²) < 4.78 is 1.15. The predicted molar refractivity (Wildman–Crippen MR) is 82.0 cm³/mol. The van der Waals surface area contributed by atoms with E-state index in [0.717, 1.165) is 34.5 Å². The van der Waals surface area contributed by atoms with Crippen molar-refractivity contribution in [3.63, 3.8) is 0 Å². The fourth-order valence-corrected chi connectivity index (χ4v) is 2.17. The van der Waals surface area contributed by atoms with Crippen LogP contribution in [0.15, 0.2) is 29.0 Å². The lowest BCUT2D eigenvalue weighted by Crippen LogP contribution is -2.12. The van der Waals surface area contributed by atoms with Gasteiger partial charge in [-0.15, -0.1) is 0 Å². The molecule has 4 heteroatoms. The fraction of sp³-hybridized carbons (Fsp3) is 0.333. The molecule has 0 spiro atoms. The highest BCUT2D eigenvalue weighted by molar-refractivity contribution is 9.10. The molecule has 0 radical (unpaired) electrons. The number of aromatic nitrogens is 2. The smallest absolute Gasteiger partial charge is 0.159 e. The molecule has 0 aliphatic heterocycles. The molecular weight excluding hydrogens is 302 g/mol. The molecule has 0 atom stereocenters. The van der Waals surface area contributed by atoms with Gasteiger partial charge in [0.2, 0.25) is 0 Å². The second-order valence-corrected chi connectivity index (χ2v) is 5.41. The van der Waals surface area contributed by atoms with E-state index in [2.05, 4.69) is 64.1 Å². The minimum Gasteiger partial charge on any atom is -0.313 e. The molecule has 0 amide bonds. The zero-order valence-corrected chi connectivity index (χ0v) is 13.1. The molecule has 19 heavy (non-hydrogen) atoms. The molecule has 0 fully saturated rings. The van der Waals surface area contributed by atoms with Crippen molar-refractivity contribution in [3.05, 3.63) is 45.7 Å². The van der Waals surface area contributed by atoms with Crippen molar-refractivity contribution in [2.75, 3.05) is 6.54 Å². The van der Waals surface area contributed by atoms with Crippen molar-refractivity contribution in [1.82, 2.24) is 15.3 Å². The molecular formula is C15H18BrN3. The highest BCUT2D eigenvalue weighted by atomic mass is 79.9. The summed E-state index contributed by atoms with van der Waals surface area (Å²) in [5, 5.41) is 3.26. The number of nitrogens with one attached hydrogen (secondary N) is 1. The van der Waals surface area contributed by atoms with Gasteiger partial charge >= 0.3 is 0 Å². The van der Waals surface area contributed by atoms with Crippen LogP contribution in [0.5, 0.6) is 0 Å². The van der Waals surface area contributed by atoms with Crippen LogP contribution in [0.2, 0.25) is 0 Å². The van der Waals surface area contributed by atoms with Crippen molar-refractivity contribution in [2.24, 2.45) is 0 Å². The predicted octanol–water partition coefficient (Wildman–Crippen LogP) is 3.63. The molecule has 0 unspecified atom stereocenters. The maximum Gasteiger partial charge on any atom is 0.159 e. The number of rotatable bonds is 4. The van der Waals surface area contributed by atoms with Crippen molar-refractivity contribution >= 4 is 15.9 Å². The van der Waals surface area contributed by atoms with Gasteiger partial charge in [0.05, 0.1) is 0 Å². The van der Waals surface area contributed by atoms with Crippen molar-refractivity contribution in [2.45, 2.75) is 27.3 Å². The SMILES string of the molecule is CCNCc1cnc(-c2cc(C)c(Br)c(C)c2)nc1.